The Balaban J connectivity index is 5.61. The van der Waals surface area contributed by atoms with Gasteiger partial charge in [0.25, 0.3) is 0 Å². The highest BCUT2D eigenvalue weighted by Gasteiger charge is 2.30. The van der Waals surface area contributed by atoms with E-state index in [1.807, 2.05) is 54.7 Å². The predicted molar refractivity (Wildman–Crippen MR) is 463 cm³/mol. The van der Waals surface area contributed by atoms with Crippen LogP contribution in [-0.4, -0.2) is 96.7 Å². The Labute approximate surface area is 677 Å². The normalized spacial score (nSPS) is 14.9. The van der Waals surface area contributed by atoms with E-state index in [-0.39, 0.29) is 25.7 Å². The van der Waals surface area contributed by atoms with Gasteiger partial charge in [-0.15, -0.1) is 0 Å². The zero-order valence-corrected chi connectivity index (χ0v) is 70.8. The fourth-order valence-corrected chi connectivity index (χ4v) is 11.6. The van der Waals surface area contributed by atoms with Crippen molar-refractivity contribution in [3.05, 3.63) is 219 Å². The molecular weight excluding hydrogens is 1450 g/mol. The minimum absolute atomic E-state index is 0.0116. The van der Waals surface area contributed by atoms with Gasteiger partial charge in [-0.3, -0.25) is 37.3 Å². The van der Waals surface area contributed by atoms with Crippen LogP contribution in [0.5, 0.6) is 0 Å². The molecule has 0 aliphatic carbocycles. The Kier molecular flexibility index (Phi) is 77.5. The van der Waals surface area contributed by atoms with Crippen LogP contribution in [0.4, 0.5) is 0 Å². The lowest BCUT2D eigenvalue weighted by atomic mass is 10.1. The third-order valence-corrected chi connectivity index (χ3v) is 18.3. The number of aliphatic hydroxyl groups excluding tert-OH is 1. The average molecular weight is 1600 g/mol. The molecular formula is C93H146O17P2. The maximum absolute atomic E-state index is 13.1. The second kappa shape index (κ2) is 82.4. The maximum atomic E-state index is 13.1. The average Bonchev–Trinajstić information content (AvgIpc) is 0.898. The number of phosphoric acid groups is 2. The standard InChI is InChI=1S/C93H146O17P2/c1-5-9-13-17-21-25-29-33-37-40-43-46-50-53-57-61-65-69-73-77-90(95)103-83-88(109-92(97)79-75-71-67-63-59-55-49-36-32-28-24-20-16-12-8-4)85-107-111(99,100)105-81-87(94)82-106-112(101,102)108-86-89(110-93(98)80-76-72-68-64-60-56-52-48-45-42-39-35-31-27-23-19-15-11-7-3)84-104-91(96)78-74-70-66-62-58-54-51-47-44-41-38-34-30-26-22-18-14-10-6-2/h9,13,21-28,33-39,43-49,53-54,56-58,60,65-66,68-70,72,87-89,94H,5-8,10-12,14-20,29-32,40-42,50-52,55,59,61-64,67,71,73-86H2,1-4H3,(H,99,100)(H,101,102)/b13-9-,25-21-,26-22-,27-23-,28-24-,37-33-,38-34-,39-35-,46-43-,47-44-,48-45-,49-36-,57-53-,58-54-,60-56-,69-65-,70-66-,72-68-/t87-,88-,89-/m1/s1. The summed E-state index contributed by atoms with van der Waals surface area (Å²) in [6.07, 6.45) is 105. The van der Waals surface area contributed by atoms with Crippen LogP contribution < -0.4 is 0 Å². The number of carbonyl (C=O) groups is 4. The molecule has 112 heavy (non-hydrogen) atoms. The van der Waals surface area contributed by atoms with Gasteiger partial charge in [0, 0.05) is 25.7 Å². The molecule has 0 aromatic carbocycles. The summed E-state index contributed by atoms with van der Waals surface area (Å²) in [5.41, 5.74) is 0. The minimum atomic E-state index is -5.04. The molecule has 0 aliphatic rings. The summed E-state index contributed by atoms with van der Waals surface area (Å²) >= 11 is 0. The Bertz CT molecular complexity index is 2990. The van der Waals surface area contributed by atoms with Gasteiger partial charge >= 0.3 is 39.5 Å². The predicted octanol–water partition coefficient (Wildman–Crippen LogP) is 25.2. The molecule has 0 spiro atoms. The lowest BCUT2D eigenvalue weighted by molar-refractivity contribution is -0.161. The van der Waals surface area contributed by atoms with E-state index in [0.29, 0.717) is 44.9 Å². The topological polar surface area (TPSA) is 237 Å². The molecule has 0 heterocycles. The molecule has 2 unspecified atom stereocenters. The van der Waals surface area contributed by atoms with Crippen molar-refractivity contribution in [1.29, 1.82) is 0 Å². The molecule has 0 amide bonds. The lowest BCUT2D eigenvalue weighted by Crippen LogP contribution is -2.30. The SMILES string of the molecule is CC/C=C\C/C=C\C/C=C\C/C=C\C/C=C\C/C=C\CCC(=O)OC[C@H](COP(=O)(O)OC[C@@H](O)COP(=O)(O)OC[C@@H](COC(=O)CC/C=C\C/C=C\C/C=C\C/C=C\C/C=C\CCCCC)OC(=O)CC/C=C\C/C=C\C/C=C\C/C=C\C/C=C\CCCCC)OC(=O)CCCCCCC/C=C\C/C=C\CCCCC. The van der Waals surface area contributed by atoms with Crippen LogP contribution in [0.3, 0.4) is 0 Å². The van der Waals surface area contributed by atoms with E-state index in [1.165, 1.54) is 57.8 Å². The molecule has 19 heteroatoms. The fourth-order valence-electron chi connectivity index (χ4n) is 10.1. The molecule has 0 radical (unpaired) electrons. The van der Waals surface area contributed by atoms with Gasteiger partial charge in [-0.05, 0) is 173 Å². The van der Waals surface area contributed by atoms with Crippen LogP contribution >= 0.6 is 15.6 Å². The molecule has 5 atom stereocenters. The van der Waals surface area contributed by atoms with Gasteiger partial charge in [0.05, 0.1) is 26.4 Å². The molecule has 0 aliphatic heterocycles. The molecule has 3 N–H and O–H groups in total. The summed E-state index contributed by atoms with van der Waals surface area (Å²) in [6.45, 7) is 4.38. The molecule has 0 aromatic heterocycles. The van der Waals surface area contributed by atoms with Crippen LogP contribution in [-0.2, 0) is 65.4 Å². The fraction of sp³-hybridized carbons (Fsp3) is 0.570. The first-order valence-electron chi connectivity index (χ1n) is 42.0. The van der Waals surface area contributed by atoms with E-state index < -0.39 is 97.5 Å². The summed E-state index contributed by atoms with van der Waals surface area (Å²) in [4.78, 5) is 73.1. The van der Waals surface area contributed by atoms with Gasteiger partial charge in [0.2, 0.25) is 0 Å². The van der Waals surface area contributed by atoms with E-state index in [9.17, 15) is 43.2 Å². The largest absolute Gasteiger partial charge is 0.472 e. The molecule has 0 bridgehead atoms. The summed E-state index contributed by atoms with van der Waals surface area (Å²) < 4.78 is 68.5. The smallest absolute Gasteiger partial charge is 0.462 e. The van der Waals surface area contributed by atoms with Crippen LogP contribution in [0.15, 0.2) is 219 Å². The number of phosphoric ester groups is 2. The summed E-state index contributed by atoms with van der Waals surface area (Å²) in [5, 5.41) is 10.7. The van der Waals surface area contributed by atoms with E-state index in [2.05, 4.69) is 192 Å². The third kappa shape index (κ3) is 81.4. The highest BCUT2D eigenvalue weighted by Crippen LogP contribution is 2.45. The van der Waals surface area contributed by atoms with Crippen molar-refractivity contribution in [2.75, 3.05) is 39.6 Å². The maximum Gasteiger partial charge on any atom is 0.472 e. The van der Waals surface area contributed by atoms with E-state index in [4.69, 9.17) is 37.0 Å². The number of unbranched alkanes of at least 4 members (excludes halogenated alkanes) is 14. The molecule has 0 saturated carbocycles. The summed E-state index contributed by atoms with van der Waals surface area (Å²) in [6, 6.07) is 0. The Morgan fingerprint density at radius 2 is 0.482 bits per heavy atom. The third-order valence-electron chi connectivity index (χ3n) is 16.4. The molecule has 0 aromatic rings. The molecule has 0 saturated heterocycles. The van der Waals surface area contributed by atoms with E-state index in [1.54, 1.807) is 0 Å². The van der Waals surface area contributed by atoms with Crippen molar-refractivity contribution in [2.45, 2.75) is 303 Å². The van der Waals surface area contributed by atoms with Crippen LogP contribution in [0.25, 0.3) is 0 Å². The summed E-state index contributed by atoms with van der Waals surface area (Å²) in [5.74, 6) is -2.51. The number of allylic oxidation sites excluding steroid dienone is 36. The van der Waals surface area contributed by atoms with Crippen molar-refractivity contribution in [1.82, 2.24) is 0 Å². The first-order chi connectivity index (χ1) is 54.7. The number of carbonyl (C=O) groups excluding carboxylic acids is 4. The Morgan fingerprint density at radius 3 is 0.768 bits per heavy atom. The quantitative estimate of drug-likeness (QED) is 0.0169. The summed E-state index contributed by atoms with van der Waals surface area (Å²) in [7, 11) is -10.1. The first-order valence-corrected chi connectivity index (χ1v) is 45.0. The highest BCUT2D eigenvalue weighted by atomic mass is 31.2. The van der Waals surface area contributed by atoms with Gasteiger partial charge in [0.1, 0.15) is 19.3 Å². The second-order valence-corrected chi connectivity index (χ2v) is 29.9. The molecule has 17 nitrogen and oxygen atoms in total. The number of hydrogen-bond acceptors (Lipinski definition) is 15. The van der Waals surface area contributed by atoms with Crippen molar-refractivity contribution in [3.8, 4) is 0 Å². The first kappa shape index (κ1) is 105. The van der Waals surface area contributed by atoms with Crippen LogP contribution in [0.1, 0.15) is 285 Å². The molecule has 630 valence electrons. The van der Waals surface area contributed by atoms with Crippen molar-refractivity contribution >= 4 is 39.5 Å². The Hall–Kier alpha value is -6.62. The van der Waals surface area contributed by atoms with Gasteiger partial charge < -0.3 is 33.8 Å². The highest BCUT2D eigenvalue weighted by molar-refractivity contribution is 7.47. The zero-order valence-electron chi connectivity index (χ0n) is 69.0. The van der Waals surface area contributed by atoms with Gasteiger partial charge in [0.15, 0.2) is 12.2 Å². The van der Waals surface area contributed by atoms with E-state index >= 15 is 0 Å². The second-order valence-electron chi connectivity index (χ2n) is 27.0. The van der Waals surface area contributed by atoms with Crippen LogP contribution in [0.2, 0.25) is 0 Å². The number of hydrogen-bond donors (Lipinski definition) is 3. The van der Waals surface area contributed by atoms with Crippen molar-refractivity contribution in [3.63, 3.8) is 0 Å². The monoisotopic (exact) mass is 1600 g/mol. The van der Waals surface area contributed by atoms with Gasteiger partial charge in [-0.2, -0.15) is 0 Å². The molecule has 0 fully saturated rings. The number of esters is 4. The number of aliphatic hydroxyl groups is 1. The van der Waals surface area contributed by atoms with Gasteiger partial charge in [-0.1, -0.05) is 304 Å². The minimum Gasteiger partial charge on any atom is -0.462 e. The van der Waals surface area contributed by atoms with Crippen molar-refractivity contribution in [2.24, 2.45) is 0 Å². The zero-order chi connectivity index (χ0) is 81.7. The van der Waals surface area contributed by atoms with Crippen molar-refractivity contribution < 1.29 is 80.2 Å². The number of rotatable bonds is 76. The van der Waals surface area contributed by atoms with Crippen LogP contribution in [0, 0.1) is 0 Å². The van der Waals surface area contributed by atoms with Gasteiger partial charge in [-0.25, -0.2) is 9.13 Å². The lowest BCUT2D eigenvalue weighted by Gasteiger charge is -2.21. The molecule has 0 rings (SSSR count). The van der Waals surface area contributed by atoms with E-state index in [0.717, 1.165) is 128 Å². The Morgan fingerprint density at radius 1 is 0.259 bits per heavy atom. The number of ether oxygens (including phenoxy) is 4.